The van der Waals surface area contributed by atoms with Crippen molar-refractivity contribution in [1.29, 1.82) is 0 Å². The van der Waals surface area contributed by atoms with Crippen LogP contribution in [0.5, 0.6) is 5.75 Å². The summed E-state index contributed by atoms with van der Waals surface area (Å²) in [4.78, 5) is 0.145. The van der Waals surface area contributed by atoms with Gasteiger partial charge in [-0.25, -0.2) is 0 Å². The third kappa shape index (κ3) is 2.12. The molecule has 2 aromatic carbocycles. The third-order valence-corrected chi connectivity index (χ3v) is 5.08. The number of halogens is 3. The van der Waals surface area contributed by atoms with Gasteiger partial charge in [-0.1, -0.05) is 42.5 Å². The van der Waals surface area contributed by atoms with Gasteiger partial charge in [0.1, 0.15) is 16.5 Å². The molecule has 3 rings (SSSR count). The second-order valence-electron chi connectivity index (χ2n) is 4.82. The molecule has 0 aromatic heterocycles. The van der Waals surface area contributed by atoms with Gasteiger partial charge in [0.05, 0.1) is 4.90 Å². The minimum absolute atomic E-state index is 0.0874. The Morgan fingerprint density at radius 2 is 1.59 bits per heavy atom. The van der Waals surface area contributed by atoms with Gasteiger partial charge < -0.3 is 9.84 Å². The fraction of sp³-hybridized carbons (Fsp3) is 0.200. The summed E-state index contributed by atoms with van der Waals surface area (Å²) in [5.74, 6) is 0.0874. The molecular formula is C15H11F3O3S. The van der Waals surface area contributed by atoms with Crippen LogP contribution in [0.15, 0.2) is 59.5 Å². The molecule has 0 amide bonds. The van der Waals surface area contributed by atoms with E-state index < -0.39 is 33.6 Å². The molecule has 116 valence electrons. The second kappa shape index (κ2) is 5.10. The molecule has 0 spiro atoms. The number of aliphatic hydroxyl groups is 1. The SMILES string of the molecule is O=S1c2ccccc2O[C@H]1[C@](O)(c1ccccc1)C(F)(F)F. The predicted molar refractivity (Wildman–Crippen MR) is 73.7 cm³/mol. The Kier molecular flexibility index (Phi) is 3.49. The number of fused-ring (bicyclic) bond motifs is 1. The fourth-order valence-corrected chi connectivity index (χ4v) is 3.88. The van der Waals surface area contributed by atoms with Crippen LogP contribution in [0.3, 0.4) is 0 Å². The summed E-state index contributed by atoms with van der Waals surface area (Å²) in [6.07, 6.45) is -5.04. The molecule has 1 aliphatic heterocycles. The van der Waals surface area contributed by atoms with Gasteiger partial charge in [-0.3, -0.25) is 4.21 Å². The van der Waals surface area contributed by atoms with Crippen LogP contribution in [0.25, 0.3) is 0 Å². The van der Waals surface area contributed by atoms with Gasteiger partial charge in [-0.2, -0.15) is 13.2 Å². The van der Waals surface area contributed by atoms with Gasteiger partial charge in [-0.15, -0.1) is 0 Å². The van der Waals surface area contributed by atoms with Crippen molar-refractivity contribution in [3.63, 3.8) is 0 Å². The van der Waals surface area contributed by atoms with Crippen molar-refractivity contribution >= 4 is 10.8 Å². The van der Waals surface area contributed by atoms with Crippen molar-refractivity contribution in [2.24, 2.45) is 0 Å². The highest BCUT2D eigenvalue weighted by Gasteiger charge is 2.65. The summed E-state index contributed by atoms with van der Waals surface area (Å²) in [5.41, 5.74) is -5.72. The van der Waals surface area contributed by atoms with Crippen LogP contribution in [-0.2, 0) is 16.4 Å². The molecule has 7 heteroatoms. The number of hydrogen-bond acceptors (Lipinski definition) is 3. The van der Waals surface area contributed by atoms with Gasteiger partial charge >= 0.3 is 6.18 Å². The average Bonchev–Trinajstić information content (AvgIpc) is 2.84. The molecule has 1 unspecified atom stereocenters. The van der Waals surface area contributed by atoms with Crippen LogP contribution in [0.1, 0.15) is 5.56 Å². The minimum Gasteiger partial charge on any atom is -0.472 e. The van der Waals surface area contributed by atoms with Crippen LogP contribution in [0, 0.1) is 0 Å². The lowest BCUT2D eigenvalue weighted by atomic mass is 9.93. The molecule has 0 aliphatic carbocycles. The van der Waals surface area contributed by atoms with Gasteiger partial charge in [0.15, 0.2) is 0 Å². The van der Waals surface area contributed by atoms with E-state index in [9.17, 15) is 22.5 Å². The molecule has 1 heterocycles. The van der Waals surface area contributed by atoms with Crippen molar-refractivity contribution in [1.82, 2.24) is 0 Å². The topological polar surface area (TPSA) is 46.5 Å². The molecular weight excluding hydrogens is 317 g/mol. The van der Waals surface area contributed by atoms with E-state index in [2.05, 4.69) is 0 Å². The van der Waals surface area contributed by atoms with Gasteiger partial charge in [-0.05, 0) is 17.7 Å². The first-order valence-corrected chi connectivity index (χ1v) is 7.58. The van der Waals surface area contributed by atoms with Gasteiger partial charge in [0.2, 0.25) is 11.0 Å². The second-order valence-corrected chi connectivity index (χ2v) is 6.29. The van der Waals surface area contributed by atoms with E-state index in [-0.39, 0.29) is 10.6 Å². The minimum atomic E-state index is -5.04. The Morgan fingerprint density at radius 3 is 2.18 bits per heavy atom. The maximum atomic E-state index is 13.6. The molecule has 3 nitrogen and oxygen atoms in total. The first-order valence-electron chi connectivity index (χ1n) is 6.36. The van der Waals surface area contributed by atoms with Crippen LogP contribution in [0.2, 0.25) is 0 Å². The number of hydrogen-bond donors (Lipinski definition) is 1. The summed E-state index contributed by atoms with van der Waals surface area (Å²) in [7, 11) is -2.14. The fourth-order valence-electron chi connectivity index (χ4n) is 2.35. The maximum absolute atomic E-state index is 13.6. The van der Waals surface area contributed by atoms with E-state index in [0.29, 0.717) is 0 Å². The zero-order valence-corrected chi connectivity index (χ0v) is 11.9. The van der Waals surface area contributed by atoms with Crippen LogP contribution >= 0.6 is 0 Å². The lowest BCUT2D eigenvalue weighted by molar-refractivity contribution is -0.280. The van der Waals surface area contributed by atoms with Crippen molar-refractivity contribution in [3.8, 4) is 5.75 Å². The lowest BCUT2D eigenvalue weighted by Gasteiger charge is -2.34. The van der Waals surface area contributed by atoms with Gasteiger partial charge in [0.25, 0.3) is 0 Å². The summed E-state index contributed by atoms with van der Waals surface area (Å²) >= 11 is 0. The summed E-state index contributed by atoms with van der Waals surface area (Å²) in [6.45, 7) is 0. The van der Waals surface area contributed by atoms with Crippen molar-refractivity contribution < 1.29 is 27.2 Å². The summed E-state index contributed by atoms with van der Waals surface area (Å²) in [5, 5.41) is 10.4. The molecule has 3 atom stereocenters. The zero-order chi connectivity index (χ0) is 16.0. The Labute approximate surface area is 126 Å². The van der Waals surface area contributed by atoms with Crippen molar-refractivity contribution in [2.75, 3.05) is 0 Å². The van der Waals surface area contributed by atoms with E-state index in [1.165, 1.54) is 30.3 Å². The van der Waals surface area contributed by atoms with Crippen LogP contribution in [-0.4, -0.2) is 20.9 Å². The monoisotopic (exact) mass is 328 g/mol. The predicted octanol–water partition coefficient (Wildman–Crippen LogP) is 2.96. The molecule has 1 N–H and O–H groups in total. The Bertz CT molecular complexity index is 717. The van der Waals surface area contributed by atoms with Crippen molar-refractivity contribution in [2.45, 2.75) is 22.1 Å². The first kappa shape index (κ1) is 15.1. The van der Waals surface area contributed by atoms with E-state index in [4.69, 9.17) is 4.74 Å². The number of para-hydroxylation sites is 1. The van der Waals surface area contributed by atoms with E-state index in [1.807, 2.05) is 0 Å². The van der Waals surface area contributed by atoms with Gasteiger partial charge in [0, 0.05) is 0 Å². The Hall–Kier alpha value is -1.86. The molecule has 2 aromatic rings. The molecule has 0 fully saturated rings. The highest BCUT2D eigenvalue weighted by molar-refractivity contribution is 7.86. The Balaban J connectivity index is 2.12. The van der Waals surface area contributed by atoms with E-state index in [1.54, 1.807) is 12.1 Å². The maximum Gasteiger partial charge on any atom is 0.426 e. The zero-order valence-electron chi connectivity index (χ0n) is 11.1. The standard InChI is InChI=1S/C15H11F3O3S/c16-15(17,18)14(19,10-6-2-1-3-7-10)13-21-11-8-4-5-9-12(11)22(13)20/h1-9,13,19H/t13-,14-,22?/m1/s1. The number of rotatable bonds is 2. The molecule has 0 saturated carbocycles. The molecule has 1 aliphatic rings. The van der Waals surface area contributed by atoms with E-state index >= 15 is 0 Å². The van der Waals surface area contributed by atoms with Crippen LogP contribution < -0.4 is 4.74 Å². The normalized spacial score (nSPS) is 23.5. The lowest BCUT2D eigenvalue weighted by Crippen LogP contribution is -2.54. The average molecular weight is 328 g/mol. The highest BCUT2D eigenvalue weighted by Crippen LogP contribution is 2.48. The van der Waals surface area contributed by atoms with Crippen LogP contribution in [0.4, 0.5) is 13.2 Å². The highest BCUT2D eigenvalue weighted by atomic mass is 32.2. The third-order valence-electron chi connectivity index (χ3n) is 3.48. The van der Waals surface area contributed by atoms with Crippen molar-refractivity contribution in [3.05, 3.63) is 60.2 Å². The molecule has 0 bridgehead atoms. The first-order chi connectivity index (χ1) is 10.4. The molecule has 0 saturated heterocycles. The largest absolute Gasteiger partial charge is 0.472 e. The molecule has 0 radical (unpaired) electrons. The number of ether oxygens (including phenoxy) is 1. The molecule has 22 heavy (non-hydrogen) atoms. The quantitative estimate of drug-likeness (QED) is 0.922. The Morgan fingerprint density at radius 1 is 1.00 bits per heavy atom. The van der Waals surface area contributed by atoms with E-state index in [0.717, 1.165) is 12.1 Å². The number of benzene rings is 2. The summed E-state index contributed by atoms with van der Waals surface area (Å²) in [6, 6.07) is 12.5. The summed E-state index contributed by atoms with van der Waals surface area (Å²) < 4.78 is 58.3. The smallest absolute Gasteiger partial charge is 0.426 e. The number of alkyl halides is 3.